The summed E-state index contributed by atoms with van der Waals surface area (Å²) in [6, 6.07) is 14.2. The van der Waals surface area contributed by atoms with Crippen LogP contribution in [0.4, 0.5) is 0 Å². The molecule has 0 spiro atoms. The topological polar surface area (TPSA) is 42.4 Å². The number of carbonyl (C=O) groups is 1. The predicted molar refractivity (Wildman–Crippen MR) is 93.6 cm³/mol. The smallest absolute Gasteiger partial charge is 0.223 e. The molecule has 1 aliphatic rings. The first-order valence-corrected chi connectivity index (χ1v) is 8.51. The lowest BCUT2D eigenvalue weighted by atomic mass is 10.0. The molecule has 0 aliphatic carbocycles. The van der Waals surface area contributed by atoms with E-state index < -0.39 is 0 Å². The second-order valence-electron chi connectivity index (χ2n) is 6.39. The van der Waals surface area contributed by atoms with Gasteiger partial charge < -0.3 is 9.64 Å². The Morgan fingerprint density at radius 2 is 2.04 bits per heavy atom. The Morgan fingerprint density at radius 1 is 1.25 bits per heavy atom. The van der Waals surface area contributed by atoms with Crippen molar-refractivity contribution in [3.8, 4) is 0 Å². The van der Waals surface area contributed by atoms with E-state index >= 15 is 0 Å². The van der Waals surface area contributed by atoms with Crippen molar-refractivity contribution in [3.63, 3.8) is 0 Å². The van der Waals surface area contributed by atoms with Crippen LogP contribution in [0, 0.1) is 6.92 Å². The number of pyridine rings is 1. The Balaban J connectivity index is 1.65. The maximum atomic E-state index is 12.7. The molecule has 0 unspecified atom stereocenters. The number of ether oxygens (including phenoxy) is 1. The van der Waals surface area contributed by atoms with Gasteiger partial charge in [0.05, 0.1) is 19.2 Å². The Hall–Kier alpha value is -2.20. The molecule has 4 nitrogen and oxygen atoms in total. The maximum absolute atomic E-state index is 12.7. The molecule has 0 saturated carbocycles. The number of carbonyl (C=O) groups excluding carboxylic acids is 1. The summed E-state index contributed by atoms with van der Waals surface area (Å²) in [6.07, 6.45) is 2.90. The minimum absolute atomic E-state index is 0.0406. The lowest BCUT2D eigenvalue weighted by Crippen LogP contribution is -2.48. The number of rotatable bonds is 4. The zero-order chi connectivity index (χ0) is 16.9. The third-order valence-electron chi connectivity index (χ3n) is 4.61. The van der Waals surface area contributed by atoms with Crippen LogP contribution in [0.2, 0.25) is 0 Å². The van der Waals surface area contributed by atoms with Crippen LogP contribution < -0.4 is 0 Å². The van der Waals surface area contributed by atoms with Crippen molar-refractivity contribution in [3.05, 3.63) is 65.5 Å². The molecule has 0 bridgehead atoms. The summed E-state index contributed by atoms with van der Waals surface area (Å²) < 4.78 is 5.99. The third kappa shape index (κ3) is 3.82. The summed E-state index contributed by atoms with van der Waals surface area (Å²) in [7, 11) is 0. The number of aromatic nitrogens is 1. The maximum Gasteiger partial charge on any atom is 0.223 e. The van der Waals surface area contributed by atoms with Crippen molar-refractivity contribution in [2.45, 2.75) is 38.8 Å². The molecule has 0 radical (unpaired) electrons. The van der Waals surface area contributed by atoms with Gasteiger partial charge in [0.2, 0.25) is 5.91 Å². The highest BCUT2D eigenvalue weighted by Crippen LogP contribution is 2.27. The van der Waals surface area contributed by atoms with Gasteiger partial charge in [0.1, 0.15) is 6.10 Å². The highest BCUT2D eigenvalue weighted by atomic mass is 16.5. The van der Waals surface area contributed by atoms with E-state index in [1.807, 2.05) is 42.2 Å². The first-order valence-electron chi connectivity index (χ1n) is 8.51. The van der Waals surface area contributed by atoms with Crippen LogP contribution in [-0.4, -0.2) is 35.0 Å². The fraction of sp³-hybridized carbons (Fsp3) is 0.400. The van der Waals surface area contributed by atoms with Crippen molar-refractivity contribution >= 4 is 5.91 Å². The molecule has 1 aromatic heterocycles. The molecule has 24 heavy (non-hydrogen) atoms. The Bertz CT molecular complexity index is 687. The molecular formula is C20H24N2O2. The molecule has 2 aromatic rings. The second kappa shape index (κ2) is 7.58. The molecule has 1 amide bonds. The molecule has 1 fully saturated rings. The van der Waals surface area contributed by atoms with E-state index in [0.717, 1.165) is 5.69 Å². The summed E-state index contributed by atoms with van der Waals surface area (Å²) in [5.74, 6) is 0.176. The first-order chi connectivity index (χ1) is 11.6. The highest BCUT2D eigenvalue weighted by Gasteiger charge is 2.30. The first kappa shape index (κ1) is 16.7. The number of hydrogen-bond donors (Lipinski definition) is 0. The van der Waals surface area contributed by atoms with E-state index in [9.17, 15) is 4.79 Å². The number of amides is 1. The van der Waals surface area contributed by atoms with Crippen molar-refractivity contribution in [2.24, 2.45) is 0 Å². The Labute approximate surface area is 143 Å². The number of nitrogens with zero attached hydrogens (tertiary/aromatic N) is 2. The average Bonchev–Trinajstić information content (AvgIpc) is 2.61. The summed E-state index contributed by atoms with van der Waals surface area (Å²) in [6.45, 7) is 5.33. The predicted octanol–water partition coefficient (Wildman–Crippen LogP) is 3.31. The molecule has 1 aromatic carbocycles. The van der Waals surface area contributed by atoms with Crippen LogP contribution in [0.15, 0.2) is 48.7 Å². The van der Waals surface area contributed by atoms with E-state index in [-0.39, 0.29) is 18.1 Å². The van der Waals surface area contributed by atoms with Crippen molar-refractivity contribution in [1.82, 2.24) is 9.88 Å². The lowest BCUT2D eigenvalue weighted by Gasteiger charge is -2.38. The number of benzene rings is 1. The van der Waals surface area contributed by atoms with Crippen molar-refractivity contribution in [1.29, 1.82) is 0 Å². The number of aryl methyl sites for hydroxylation is 2. The molecule has 2 atom stereocenters. The van der Waals surface area contributed by atoms with Crippen LogP contribution in [0.1, 0.15) is 36.3 Å². The van der Waals surface area contributed by atoms with Crippen LogP contribution in [0.25, 0.3) is 0 Å². The summed E-state index contributed by atoms with van der Waals surface area (Å²) in [5.41, 5.74) is 3.34. The minimum Gasteiger partial charge on any atom is -0.370 e. The van der Waals surface area contributed by atoms with Gasteiger partial charge in [-0.1, -0.05) is 30.3 Å². The number of hydrogen-bond acceptors (Lipinski definition) is 3. The Morgan fingerprint density at radius 3 is 2.79 bits per heavy atom. The van der Waals surface area contributed by atoms with E-state index in [0.29, 0.717) is 26.0 Å². The van der Waals surface area contributed by atoms with Crippen LogP contribution >= 0.6 is 0 Å². The SMILES string of the molecule is Cc1ccccc1[C@@H]1CN(C(=O)CCc2ccccn2)[C@@H](C)CO1. The lowest BCUT2D eigenvalue weighted by molar-refractivity contribution is -0.144. The molecule has 1 saturated heterocycles. The van der Waals surface area contributed by atoms with Gasteiger partial charge in [-0.2, -0.15) is 0 Å². The zero-order valence-corrected chi connectivity index (χ0v) is 14.3. The quantitative estimate of drug-likeness (QED) is 0.866. The monoisotopic (exact) mass is 324 g/mol. The second-order valence-corrected chi connectivity index (χ2v) is 6.39. The van der Waals surface area contributed by atoms with Gasteiger partial charge in [0.25, 0.3) is 0 Å². The van der Waals surface area contributed by atoms with Gasteiger partial charge in [-0.25, -0.2) is 0 Å². The highest BCUT2D eigenvalue weighted by molar-refractivity contribution is 5.77. The van der Waals surface area contributed by atoms with Gasteiger partial charge in [0, 0.05) is 18.3 Å². The van der Waals surface area contributed by atoms with Gasteiger partial charge >= 0.3 is 0 Å². The molecule has 0 N–H and O–H groups in total. The zero-order valence-electron chi connectivity index (χ0n) is 14.3. The molecular weight excluding hydrogens is 300 g/mol. The molecule has 4 heteroatoms. The fourth-order valence-corrected chi connectivity index (χ4v) is 3.17. The molecule has 1 aliphatic heterocycles. The Kier molecular flexibility index (Phi) is 5.26. The van der Waals surface area contributed by atoms with Gasteiger partial charge in [-0.15, -0.1) is 0 Å². The largest absolute Gasteiger partial charge is 0.370 e. The third-order valence-corrected chi connectivity index (χ3v) is 4.61. The number of morpholine rings is 1. The van der Waals surface area contributed by atoms with E-state index in [1.165, 1.54) is 11.1 Å². The van der Waals surface area contributed by atoms with Gasteiger partial charge in [-0.3, -0.25) is 9.78 Å². The molecule has 2 heterocycles. The van der Waals surface area contributed by atoms with E-state index in [2.05, 4.69) is 24.0 Å². The molecule has 126 valence electrons. The molecule has 3 rings (SSSR count). The van der Waals surface area contributed by atoms with Crippen molar-refractivity contribution < 1.29 is 9.53 Å². The van der Waals surface area contributed by atoms with E-state index in [1.54, 1.807) is 6.20 Å². The van der Waals surface area contributed by atoms with Gasteiger partial charge in [-0.05, 0) is 43.5 Å². The summed E-state index contributed by atoms with van der Waals surface area (Å²) in [5, 5.41) is 0. The average molecular weight is 324 g/mol. The summed E-state index contributed by atoms with van der Waals surface area (Å²) >= 11 is 0. The van der Waals surface area contributed by atoms with Crippen LogP contribution in [-0.2, 0) is 16.0 Å². The van der Waals surface area contributed by atoms with Crippen LogP contribution in [0.5, 0.6) is 0 Å². The fourth-order valence-electron chi connectivity index (χ4n) is 3.17. The normalized spacial score (nSPS) is 20.8. The minimum atomic E-state index is -0.0406. The van der Waals surface area contributed by atoms with Crippen LogP contribution in [0.3, 0.4) is 0 Å². The van der Waals surface area contributed by atoms with Gasteiger partial charge in [0.15, 0.2) is 0 Å². The van der Waals surface area contributed by atoms with Crippen molar-refractivity contribution in [2.75, 3.05) is 13.2 Å². The van der Waals surface area contributed by atoms with E-state index in [4.69, 9.17) is 4.74 Å². The summed E-state index contributed by atoms with van der Waals surface area (Å²) in [4.78, 5) is 18.9. The standard InChI is InChI=1S/C20H24N2O2/c1-15-7-3-4-9-18(15)19-13-22(16(2)14-24-19)20(23)11-10-17-8-5-6-12-21-17/h3-9,12,16,19H,10-11,13-14H2,1-2H3/t16-,19-/m0/s1.